The van der Waals surface area contributed by atoms with E-state index in [1.165, 1.54) is 11.2 Å². The molecule has 1 aromatic carbocycles. The number of benzene rings is 1. The monoisotopic (exact) mass is 294 g/mol. The summed E-state index contributed by atoms with van der Waals surface area (Å²) in [5.74, 6) is -0.256. The minimum Gasteiger partial charge on any atom is -0.392 e. The van der Waals surface area contributed by atoms with Crippen LogP contribution in [0.3, 0.4) is 0 Å². The number of anilines is 1. The molecule has 1 atom stereocenters. The summed E-state index contributed by atoms with van der Waals surface area (Å²) in [6, 6.07) is 5.69. The third kappa shape index (κ3) is 5.44. The minimum absolute atomic E-state index is 0. The zero-order chi connectivity index (χ0) is 13.9. The van der Waals surface area contributed by atoms with Crippen molar-refractivity contribution in [1.82, 2.24) is 0 Å². The molecular weight excluding hydrogens is 273 g/mol. The van der Waals surface area contributed by atoms with Crippen LogP contribution in [0.2, 0.25) is 0 Å². The van der Waals surface area contributed by atoms with Gasteiger partial charge < -0.3 is 5.11 Å². The van der Waals surface area contributed by atoms with Crippen molar-refractivity contribution >= 4 is 45.3 Å². The second kappa shape index (κ2) is 7.64. The van der Waals surface area contributed by atoms with E-state index in [9.17, 15) is 13.5 Å². The molecule has 1 N–H and O–H groups in total. The first-order valence-electron chi connectivity index (χ1n) is 6.03. The normalized spacial score (nSPS) is 12.7. The summed E-state index contributed by atoms with van der Waals surface area (Å²) in [6.45, 7) is 7.50. The largest absolute Gasteiger partial charge is 0.392 e. The Hall–Kier alpha value is -0.0700. The predicted octanol–water partition coefficient (Wildman–Crippen LogP) is 1.46. The van der Waals surface area contributed by atoms with Gasteiger partial charge in [-0.2, -0.15) is 0 Å². The molecule has 103 valence electrons. The van der Waals surface area contributed by atoms with Crippen LogP contribution in [0.25, 0.3) is 0 Å². The van der Waals surface area contributed by atoms with Gasteiger partial charge in [-0.05, 0) is 51.0 Å². The van der Waals surface area contributed by atoms with Gasteiger partial charge in [-0.15, -0.1) is 0 Å². The first-order chi connectivity index (χ1) is 8.26. The van der Waals surface area contributed by atoms with Crippen LogP contribution in [0.15, 0.2) is 18.2 Å². The average Bonchev–Trinajstić information content (AvgIpc) is 2.13. The van der Waals surface area contributed by atoms with Gasteiger partial charge in [0.15, 0.2) is 0 Å². The van der Waals surface area contributed by atoms with E-state index in [0.717, 1.165) is 11.1 Å². The predicted molar refractivity (Wildman–Crippen MR) is 80.2 cm³/mol. The van der Waals surface area contributed by atoms with Gasteiger partial charge in [-0.3, -0.25) is 4.31 Å². The van der Waals surface area contributed by atoms with E-state index < -0.39 is 16.1 Å². The van der Waals surface area contributed by atoms with Gasteiger partial charge in [0, 0.05) is 36.1 Å². The van der Waals surface area contributed by atoms with Gasteiger partial charge in [0.2, 0.25) is 10.0 Å². The molecule has 1 aromatic rings. The van der Waals surface area contributed by atoms with Crippen LogP contribution in [0.1, 0.15) is 25.0 Å². The Morgan fingerprint density at radius 2 is 1.68 bits per heavy atom. The van der Waals surface area contributed by atoms with Crippen molar-refractivity contribution in [2.45, 2.75) is 33.8 Å². The van der Waals surface area contributed by atoms with Crippen LogP contribution in [0.4, 0.5) is 5.69 Å². The second-order valence-corrected chi connectivity index (χ2v) is 6.58. The molecule has 1 radical (unpaired) electrons. The van der Waals surface area contributed by atoms with E-state index in [1.807, 2.05) is 32.0 Å². The molecule has 6 heteroatoms. The Balaban J connectivity index is 0.00000324. The van der Waals surface area contributed by atoms with Gasteiger partial charge in [-0.1, -0.05) is 6.07 Å². The number of aliphatic hydroxyl groups is 1. The zero-order valence-electron chi connectivity index (χ0n) is 12.3. The molecule has 19 heavy (non-hydrogen) atoms. The van der Waals surface area contributed by atoms with Crippen molar-refractivity contribution in [3.8, 4) is 0 Å². The molecule has 1 rings (SSSR count). The Morgan fingerprint density at radius 3 is 2.05 bits per heavy atom. The van der Waals surface area contributed by atoms with Gasteiger partial charge in [0.25, 0.3) is 0 Å². The summed E-state index contributed by atoms with van der Waals surface area (Å²) in [5, 5.41) is 9.28. The molecule has 0 aliphatic rings. The van der Waals surface area contributed by atoms with Crippen molar-refractivity contribution in [3.63, 3.8) is 0 Å². The number of sulfonamides is 1. The Bertz CT molecular complexity index is 494. The van der Waals surface area contributed by atoms with Crippen LogP contribution in [0, 0.1) is 13.8 Å². The molecule has 0 aliphatic heterocycles. The molecule has 0 saturated carbocycles. The van der Waals surface area contributed by atoms with Gasteiger partial charge in [0.05, 0.1) is 17.5 Å². The number of nitrogens with zero attached hydrogens (tertiary/aromatic N) is 1. The van der Waals surface area contributed by atoms with Crippen LogP contribution in [0.5, 0.6) is 0 Å². The molecule has 1 unspecified atom stereocenters. The molecular formula is C13H21NNaO3S. The molecule has 0 fully saturated rings. The second-order valence-electron chi connectivity index (χ2n) is 4.64. The van der Waals surface area contributed by atoms with Crippen molar-refractivity contribution in [1.29, 1.82) is 0 Å². The molecule has 4 nitrogen and oxygen atoms in total. The summed E-state index contributed by atoms with van der Waals surface area (Å²) >= 11 is 0. The molecule has 0 aliphatic carbocycles. The number of hydrogen-bond acceptors (Lipinski definition) is 3. The van der Waals surface area contributed by atoms with E-state index in [2.05, 4.69) is 0 Å². The standard InChI is InChI=1S/C13H21NO3S.Na/c1-5-14(18(16,17)9-12(4)15)13-7-10(2)6-11(3)8-13;/h6-8,12,15H,5,9H2,1-4H3;. The third-order valence-corrected chi connectivity index (χ3v) is 4.61. The number of hydrogen-bond donors (Lipinski definition) is 1. The Morgan fingerprint density at radius 1 is 1.21 bits per heavy atom. The fourth-order valence-corrected chi connectivity index (χ4v) is 3.64. The molecule has 0 aromatic heterocycles. The van der Waals surface area contributed by atoms with E-state index in [0.29, 0.717) is 12.2 Å². The first-order valence-corrected chi connectivity index (χ1v) is 7.64. The average molecular weight is 294 g/mol. The summed E-state index contributed by atoms with van der Waals surface area (Å²) in [6.07, 6.45) is -0.866. The Labute approximate surface area is 138 Å². The van der Waals surface area contributed by atoms with Crippen LogP contribution in [-0.4, -0.2) is 61.5 Å². The van der Waals surface area contributed by atoms with Crippen molar-refractivity contribution in [2.24, 2.45) is 0 Å². The SMILES string of the molecule is CCN(c1cc(C)cc(C)c1)S(=O)(=O)CC(C)O.[Na]. The molecule has 0 heterocycles. The Kier molecular flexibility index (Phi) is 7.62. The molecule has 0 bridgehead atoms. The fourth-order valence-electron chi connectivity index (χ4n) is 2.03. The van der Waals surface area contributed by atoms with E-state index in [4.69, 9.17) is 0 Å². The topological polar surface area (TPSA) is 57.6 Å². The van der Waals surface area contributed by atoms with Crippen LogP contribution >= 0.6 is 0 Å². The van der Waals surface area contributed by atoms with E-state index in [1.54, 1.807) is 6.92 Å². The summed E-state index contributed by atoms with van der Waals surface area (Å²) < 4.78 is 25.7. The van der Waals surface area contributed by atoms with E-state index in [-0.39, 0.29) is 35.3 Å². The molecule has 0 amide bonds. The quantitative estimate of drug-likeness (QED) is 0.837. The maximum absolute atomic E-state index is 12.2. The van der Waals surface area contributed by atoms with Gasteiger partial charge in [0.1, 0.15) is 0 Å². The number of rotatable bonds is 5. The summed E-state index contributed by atoms with van der Waals surface area (Å²) in [4.78, 5) is 0. The van der Waals surface area contributed by atoms with Gasteiger partial charge in [-0.25, -0.2) is 8.42 Å². The summed E-state index contributed by atoms with van der Waals surface area (Å²) in [7, 11) is -3.47. The van der Waals surface area contributed by atoms with Crippen molar-refractivity contribution in [3.05, 3.63) is 29.3 Å². The zero-order valence-corrected chi connectivity index (χ0v) is 15.2. The molecule has 0 saturated heterocycles. The third-order valence-electron chi connectivity index (χ3n) is 2.57. The maximum atomic E-state index is 12.2. The van der Waals surface area contributed by atoms with E-state index >= 15 is 0 Å². The van der Waals surface area contributed by atoms with Gasteiger partial charge >= 0.3 is 0 Å². The van der Waals surface area contributed by atoms with Crippen LogP contribution < -0.4 is 4.31 Å². The number of aliphatic hydroxyl groups excluding tert-OH is 1. The summed E-state index contributed by atoms with van der Waals surface area (Å²) in [5.41, 5.74) is 2.71. The number of aryl methyl sites for hydroxylation is 2. The molecule has 0 spiro atoms. The first kappa shape index (κ1) is 18.9. The minimum atomic E-state index is -3.47. The fraction of sp³-hybridized carbons (Fsp3) is 0.538. The maximum Gasteiger partial charge on any atom is 0.237 e. The van der Waals surface area contributed by atoms with Crippen LogP contribution in [-0.2, 0) is 10.0 Å². The van der Waals surface area contributed by atoms with Crippen molar-refractivity contribution < 1.29 is 13.5 Å². The van der Waals surface area contributed by atoms with Crippen molar-refractivity contribution in [2.75, 3.05) is 16.6 Å². The smallest absolute Gasteiger partial charge is 0.237 e.